The van der Waals surface area contributed by atoms with Crippen molar-refractivity contribution in [2.45, 2.75) is 22.6 Å². The molecule has 0 aromatic heterocycles. The predicted molar refractivity (Wildman–Crippen MR) is 74.1 cm³/mol. The highest BCUT2D eigenvalue weighted by molar-refractivity contribution is 6.34. The van der Waals surface area contributed by atoms with Crippen LogP contribution in [-0.4, -0.2) is 33.8 Å². The smallest absolute Gasteiger partial charge is 0.0577 e. The van der Waals surface area contributed by atoms with Gasteiger partial charge in [-0.25, -0.2) is 0 Å². The van der Waals surface area contributed by atoms with Crippen LogP contribution in [0.4, 0.5) is 0 Å². The maximum Gasteiger partial charge on any atom is 0.0577 e. The van der Waals surface area contributed by atoms with Gasteiger partial charge in [0, 0.05) is 39.8 Å². The van der Waals surface area contributed by atoms with Gasteiger partial charge in [-0.15, -0.1) is 69.6 Å². The highest BCUT2D eigenvalue weighted by Gasteiger charge is 2.73. The summed E-state index contributed by atoms with van der Waals surface area (Å²) >= 11 is 37.6. The van der Waals surface area contributed by atoms with Crippen LogP contribution in [0.1, 0.15) is 6.42 Å². The highest BCUT2D eigenvalue weighted by atomic mass is 35.5. The lowest BCUT2D eigenvalue weighted by Crippen LogP contribution is -2.45. The molecule has 0 amide bonds. The fourth-order valence-corrected chi connectivity index (χ4v) is 7.22. The average molecular weight is 345 g/mol. The summed E-state index contributed by atoms with van der Waals surface area (Å²) in [4.78, 5) is 0. The molecule has 5 atom stereocenters. The van der Waals surface area contributed by atoms with Gasteiger partial charge < -0.3 is 0 Å². The Morgan fingerprint density at radius 3 is 1.88 bits per heavy atom. The first-order valence-corrected chi connectivity index (χ1v) is 8.02. The molecule has 16 heavy (non-hydrogen) atoms. The number of alkyl halides is 6. The lowest BCUT2D eigenvalue weighted by Gasteiger charge is -2.41. The molecule has 0 radical (unpaired) electrons. The summed E-state index contributed by atoms with van der Waals surface area (Å²) in [6.45, 7) is 0. The molecule has 0 spiro atoms. The van der Waals surface area contributed by atoms with E-state index in [0.717, 1.165) is 6.42 Å². The molecule has 2 bridgehead atoms. The van der Waals surface area contributed by atoms with E-state index >= 15 is 0 Å². The molecule has 0 N–H and O–H groups in total. The molecule has 0 saturated heterocycles. The minimum atomic E-state index is -0.330. The number of halogens is 6. The van der Waals surface area contributed by atoms with E-state index in [1.165, 1.54) is 0 Å². The molecule has 94 valence electrons. The molecule has 0 nitrogen and oxygen atoms in total. The van der Waals surface area contributed by atoms with Gasteiger partial charge in [0.2, 0.25) is 0 Å². The average Bonchev–Trinajstić information content (AvgIpc) is 2.65. The highest BCUT2D eigenvalue weighted by Crippen LogP contribution is 2.70. The largest absolute Gasteiger partial charge is 0.126 e. The van der Waals surface area contributed by atoms with E-state index in [1.54, 1.807) is 0 Å². The second-order valence-corrected chi connectivity index (χ2v) is 7.14. The third kappa shape index (κ3) is 1.44. The quantitative estimate of drug-likeness (QED) is 0.660. The molecular weight excluding hydrogens is 333 g/mol. The zero-order valence-electron chi connectivity index (χ0n) is 8.41. The molecular formula is C10H12Cl6. The summed E-state index contributed by atoms with van der Waals surface area (Å²) in [6, 6.07) is 0. The SMILES string of the molecule is ClCC1(CCl)[C@H]2[C@H](Cl)[C@@H](Cl)[C@]1(CCl)C[C@H]2Cl. The van der Waals surface area contributed by atoms with Gasteiger partial charge >= 0.3 is 0 Å². The summed E-state index contributed by atoms with van der Waals surface area (Å²) < 4.78 is 0. The topological polar surface area (TPSA) is 0 Å². The molecule has 6 heteroatoms. The van der Waals surface area contributed by atoms with Crippen molar-refractivity contribution < 1.29 is 0 Å². The van der Waals surface area contributed by atoms with E-state index < -0.39 is 0 Å². The Labute approximate surface area is 126 Å². The maximum atomic E-state index is 6.43. The first-order chi connectivity index (χ1) is 7.50. The van der Waals surface area contributed by atoms with Crippen LogP contribution in [0.2, 0.25) is 0 Å². The zero-order valence-corrected chi connectivity index (χ0v) is 12.9. The molecule has 0 heterocycles. The standard InChI is InChI=1S/C10H12Cl6/c11-2-9-1-5(14)6(7(15)8(9)16)10(9,3-12)4-13/h5-8H,1-4H2/t5-,6-,7+,8-,9-/m1/s1. The van der Waals surface area contributed by atoms with Gasteiger partial charge in [0.25, 0.3) is 0 Å². The summed E-state index contributed by atoms with van der Waals surface area (Å²) in [5, 5.41) is -0.438. The number of fused-ring (bicyclic) bond motifs is 2. The number of hydrogen-bond donors (Lipinski definition) is 0. The van der Waals surface area contributed by atoms with Crippen molar-refractivity contribution in [1.82, 2.24) is 0 Å². The molecule has 0 aromatic rings. The van der Waals surface area contributed by atoms with Gasteiger partial charge in [-0.05, 0) is 6.42 Å². The fourth-order valence-electron chi connectivity index (χ4n) is 3.48. The van der Waals surface area contributed by atoms with Gasteiger partial charge in [0.15, 0.2) is 0 Å². The summed E-state index contributed by atoms with van der Waals surface area (Å²) in [5.41, 5.74) is -0.660. The van der Waals surface area contributed by atoms with Crippen molar-refractivity contribution in [3.05, 3.63) is 0 Å². The summed E-state index contributed by atoms with van der Waals surface area (Å²) in [5.74, 6) is 1.27. The fraction of sp³-hybridized carbons (Fsp3) is 1.00. The Morgan fingerprint density at radius 1 is 0.938 bits per heavy atom. The molecule has 0 unspecified atom stereocenters. The van der Waals surface area contributed by atoms with Crippen LogP contribution >= 0.6 is 69.6 Å². The Balaban J connectivity index is 2.52. The van der Waals surface area contributed by atoms with Crippen LogP contribution in [-0.2, 0) is 0 Å². The Bertz CT molecular complexity index is 273. The first kappa shape index (κ1) is 14.2. The maximum absolute atomic E-state index is 6.43. The third-order valence-corrected chi connectivity index (χ3v) is 7.64. The molecule has 2 aliphatic rings. The zero-order chi connectivity index (χ0) is 12.1. The van der Waals surface area contributed by atoms with E-state index in [2.05, 4.69) is 0 Å². The van der Waals surface area contributed by atoms with Crippen LogP contribution in [0.3, 0.4) is 0 Å². The van der Waals surface area contributed by atoms with Crippen molar-refractivity contribution in [1.29, 1.82) is 0 Å². The van der Waals surface area contributed by atoms with Crippen molar-refractivity contribution in [3.8, 4) is 0 Å². The van der Waals surface area contributed by atoms with Gasteiger partial charge in [-0.3, -0.25) is 0 Å². The van der Waals surface area contributed by atoms with Gasteiger partial charge in [-0.2, -0.15) is 0 Å². The molecule has 2 fully saturated rings. The lowest BCUT2D eigenvalue weighted by atomic mass is 9.70. The normalized spacial score (nSPS) is 49.9. The van der Waals surface area contributed by atoms with Crippen LogP contribution in [0.15, 0.2) is 0 Å². The second-order valence-electron chi connectivity index (χ2n) is 4.81. The van der Waals surface area contributed by atoms with Crippen molar-refractivity contribution in [2.24, 2.45) is 16.7 Å². The van der Waals surface area contributed by atoms with Gasteiger partial charge in [-0.1, -0.05) is 0 Å². The minimum absolute atomic E-state index is 0.0336. The lowest BCUT2D eigenvalue weighted by molar-refractivity contribution is 0.168. The Kier molecular flexibility index (Phi) is 4.15. The molecule has 0 aromatic carbocycles. The first-order valence-electron chi connectivity index (χ1n) is 5.11. The van der Waals surface area contributed by atoms with Gasteiger partial charge in [0.05, 0.1) is 10.8 Å². The monoisotopic (exact) mass is 342 g/mol. The summed E-state index contributed by atoms with van der Waals surface area (Å²) in [6.07, 6.45) is 0.750. The van der Waals surface area contributed by atoms with Crippen molar-refractivity contribution in [3.63, 3.8) is 0 Å². The van der Waals surface area contributed by atoms with Gasteiger partial charge in [0.1, 0.15) is 0 Å². The van der Waals surface area contributed by atoms with Crippen molar-refractivity contribution >= 4 is 69.6 Å². The van der Waals surface area contributed by atoms with E-state index in [4.69, 9.17) is 69.6 Å². The molecule has 2 aliphatic carbocycles. The Hall–Kier alpha value is 1.74. The third-order valence-electron chi connectivity index (χ3n) is 4.44. The van der Waals surface area contributed by atoms with E-state index in [9.17, 15) is 0 Å². The van der Waals surface area contributed by atoms with Crippen LogP contribution in [0.25, 0.3) is 0 Å². The molecule has 2 saturated carbocycles. The van der Waals surface area contributed by atoms with E-state index in [1.807, 2.05) is 0 Å². The van der Waals surface area contributed by atoms with E-state index in [0.29, 0.717) is 17.6 Å². The predicted octanol–water partition coefficient (Wildman–Crippen LogP) is 4.53. The van der Waals surface area contributed by atoms with Crippen LogP contribution in [0.5, 0.6) is 0 Å². The minimum Gasteiger partial charge on any atom is -0.126 e. The summed E-state index contributed by atoms with van der Waals surface area (Å²) in [7, 11) is 0. The van der Waals surface area contributed by atoms with Crippen LogP contribution < -0.4 is 0 Å². The number of rotatable bonds is 3. The van der Waals surface area contributed by atoms with E-state index in [-0.39, 0.29) is 32.9 Å². The van der Waals surface area contributed by atoms with Crippen LogP contribution in [0, 0.1) is 16.7 Å². The number of hydrogen-bond acceptors (Lipinski definition) is 0. The molecule has 2 rings (SSSR count). The molecule has 0 aliphatic heterocycles. The Morgan fingerprint density at radius 2 is 1.50 bits per heavy atom. The second kappa shape index (κ2) is 4.69. The van der Waals surface area contributed by atoms with Crippen molar-refractivity contribution in [2.75, 3.05) is 17.6 Å².